The van der Waals surface area contributed by atoms with Crippen LogP contribution < -0.4 is 14.8 Å². The molecule has 16 heteroatoms. The maximum Gasteiger partial charge on any atom is 0.573 e. The molecule has 3 rings (SSSR count). The van der Waals surface area contributed by atoms with Crippen LogP contribution in [-0.4, -0.2) is 63.5 Å². The van der Waals surface area contributed by atoms with Crippen molar-refractivity contribution in [2.45, 2.75) is 25.9 Å². The van der Waals surface area contributed by atoms with Gasteiger partial charge in [-0.05, 0) is 19.1 Å². The van der Waals surface area contributed by atoms with Crippen molar-refractivity contribution in [1.82, 2.24) is 30.0 Å². The Balaban J connectivity index is 1.83. The van der Waals surface area contributed by atoms with Gasteiger partial charge in [-0.15, -0.1) is 13.2 Å². The molecule has 0 aliphatic rings. The van der Waals surface area contributed by atoms with Crippen LogP contribution in [-0.2, 0) is 0 Å². The van der Waals surface area contributed by atoms with Gasteiger partial charge in [0.1, 0.15) is 22.7 Å². The Labute approximate surface area is 198 Å². The predicted molar refractivity (Wildman–Crippen MR) is 111 cm³/mol. The summed E-state index contributed by atoms with van der Waals surface area (Å²) in [4.78, 5) is 34.7. The molecule has 0 fully saturated rings. The average molecular weight is 520 g/mol. The van der Waals surface area contributed by atoms with Crippen molar-refractivity contribution in [1.29, 1.82) is 0 Å². The molecule has 0 saturated carbocycles. The minimum absolute atomic E-state index is 0.184. The zero-order chi connectivity index (χ0) is 25.9. The lowest BCUT2D eigenvalue weighted by Crippen LogP contribution is -2.29. The molecule has 10 nitrogen and oxygen atoms in total. The van der Waals surface area contributed by atoms with E-state index in [2.05, 4.69) is 29.9 Å². The Kier molecular flexibility index (Phi) is 7.52. The summed E-state index contributed by atoms with van der Waals surface area (Å²) in [5.41, 5.74) is -0.437. The monoisotopic (exact) mass is 520 g/mol. The molecule has 3 aromatic rings. The third kappa shape index (κ3) is 6.62. The standard InChI is InChI=1S/C19H17F5N6O4S/c1-9(14-26-8-27-30(14)18-25-7-13(35-18)16(32)29(2)3)28-15(31)10-4-11(33-17(20)21)6-12(5-10)34-19(22,23)24/h4-9,17H,1-3H3,(H,28,31)/t9-/m0/s1. The van der Waals surface area contributed by atoms with Crippen LogP contribution in [0.15, 0.2) is 30.7 Å². The van der Waals surface area contributed by atoms with E-state index in [1.165, 1.54) is 29.0 Å². The quantitative estimate of drug-likeness (QED) is 0.453. The van der Waals surface area contributed by atoms with Crippen molar-refractivity contribution in [3.63, 3.8) is 0 Å². The first kappa shape index (κ1) is 25.8. The molecule has 0 radical (unpaired) electrons. The highest BCUT2D eigenvalue weighted by molar-refractivity contribution is 7.16. The Morgan fingerprint density at radius 3 is 2.46 bits per heavy atom. The summed E-state index contributed by atoms with van der Waals surface area (Å²) in [5, 5.41) is 6.80. The van der Waals surface area contributed by atoms with E-state index in [1.807, 2.05) is 0 Å². The second-order valence-electron chi connectivity index (χ2n) is 7.05. The van der Waals surface area contributed by atoms with Crippen LogP contribution in [0.3, 0.4) is 0 Å². The molecule has 1 aromatic carbocycles. The summed E-state index contributed by atoms with van der Waals surface area (Å²) >= 11 is 1.02. The molecule has 2 aromatic heterocycles. The second kappa shape index (κ2) is 10.2. The lowest BCUT2D eigenvalue weighted by atomic mass is 10.1. The summed E-state index contributed by atoms with van der Waals surface area (Å²) in [6, 6.07) is 1.26. The van der Waals surface area contributed by atoms with Crippen molar-refractivity contribution in [3.05, 3.63) is 47.0 Å². The van der Waals surface area contributed by atoms with Gasteiger partial charge in [0, 0.05) is 25.7 Å². The highest BCUT2D eigenvalue weighted by atomic mass is 32.1. The maximum atomic E-state index is 12.7. The molecular formula is C19H17F5N6O4S. The number of halogens is 5. The fourth-order valence-electron chi connectivity index (χ4n) is 2.79. The van der Waals surface area contributed by atoms with Crippen LogP contribution in [0.1, 0.15) is 38.8 Å². The van der Waals surface area contributed by atoms with Gasteiger partial charge in [-0.25, -0.2) is 9.97 Å². The van der Waals surface area contributed by atoms with Gasteiger partial charge >= 0.3 is 13.0 Å². The number of benzene rings is 1. The molecule has 35 heavy (non-hydrogen) atoms. The molecule has 2 heterocycles. The number of hydrogen-bond donors (Lipinski definition) is 1. The molecule has 1 atom stereocenters. The summed E-state index contributed by atoms with van der Waals surface area (Å²) in [5.74, 6) is -2.65. The van der Waals surface area contributed by atoms with Gasteiger partial charge in [0.25, 0.3) is 11.8 Å². The lowest BCUT2D eigenvalue weighted by molar-refractivity contribution is -0.274. The highest BCUT2D eigenvalue weighted by Gasteiger charge is 2.32. The summed E-state index contributed by atoms with van der Waals surface area (Å²) in [6.45, 7) is -1.84. The van der Waals surface area contributed by atoms with E-state index in [1.54, 1.807) is 14.1 Å². The number of ether oxygens (including phenoxy) is 2. The van der Waals surface area contributed by atoms with E-state index in [9.17, 15) is 31.5 Å². The Morgan fingerprint density at radius 1 is 1.14 bits per heavy atom. The van der Waals surface area contributed by atoms with Crippen LogP contribution in [0.2, 0.25) is 0 Å². The fraction of sp³-hybridized carbons (Fsp3) is 0.316. The van der Waals surface area contributed by atoms with Crippen LogP contribution >= 0.6 is 11.3 Å². The topological polar surface area (TPSA) is 111 Å². The number of aromatic nitrogens is 4. The van der Waals surface area contributed by atoms with Crippen LogP contribution in [0, 0.1) is 0 Å². The zero-order valence-corrected chi connectivity index (χ0v) is 19.0. The molecule has 0 spiro atoms. The molecule has 0 saturated heterocycles. The largest absolute Gasteiger partial charge is 0.573 e. The van der Waals surface area contributed by atoms with Crippen molar-refractivity contribution < 1.29 is 41.0 Å². The van der Waals surface area contributed by atoms with Crippen molar-refractivity contribution >= 4 is 23.2 Å². The first-order valence-electron chi connectivity index (χ1n) is 9.58. The van der Waals surface area contributed by atoms with E-state index < -0.39 is 42.0 Å². The second-order valence-corrected chi connectivity index (χ2v) is 8.06. The minimum Gasteiger partial charge on any atom is -0.435 e. The molecular weight excluding hydrogens is 503 g/mol. The van der Waals surface area contributed by atoms with E-state index in [0.29, 0.717) is 10.9 Å². The van der Waals surface area contributed by atoms with Crippen LogP contribution in [0.5, 0.6) is 11.5 Å². The molecule has 0 aliphatic heterocycles. The van der Waals surface area contributed by atoms with E-state index in [0.717, 1.165) is 23.5 Å². The normalized spacial score (nSPS) is 12.4. The third-order valence-corrected chi connectivity index (χ3v) is 5.16. The predicted octanol–water partition coefficient (Wildman–Crippen LogP) is 3.42. The van der Waals surface area contributed by atoms with Gasteiger partial charge in [0.2, 0.25) is 5.13 Å². The number of alkyl halides is 5. The number of carbonyl (C=O) groups is 2. The smallest absolute Gasteiger partial charge is 0.435 e. The molecule has 188 valence electrons. The van der Waals surface area contributed by atoms with Crippen molar-refractivity contribution in [2.24, 2.45) is 0 Å². The summed E-state index contributed by atoms with van der Waals surface area (Å²) in [6.07, 6.45) is -2.59. The van der Waals surface area contributed by atoms with Gasteiger partial charge in [-0.3, -0.25) is 9.59 Å². The first-order valence-corrected chi connectivity index (χ1v) is 10.4. The molecule has 0 unspecified atom stereocenters. The minimum atomic E-state index is -5.12. The van der Waals surface area contributed by atoms with Crippen LogP contribution in [0.4, 0.5) is 22.0 Å². The molecule has 1 N–H and O–H groups in total. The highest BCUT2D eigenvalue weighted by Crippen LogP contribution is 2.29. The van der Waals surface area contributed by atoms with Crippen molar-refractivity contribution in [2.75, 3.05) is 14.1 Å². The number of hydrogen-bond acceptors (Lipinski definition) is 8. The molecule has 0 bridgehead atoms. The van der Waals surface area contributed by atoms with Gasteiger partial charge < -0.3 is 19.7 Å². The number of nitrogens with zero attached hydrogens (tertiary/aromatic N) is 5. The Bertz CT molecular complexity index is 1210. The zero-order valence-electron chi connectivity index (χ0n) is 18.2. The summed E-state index contributed by atoms with van der Waals surface area (Å²) in [7, 11) is 3.15. The maximum absolute atomic E-state index is 12.7. The Morgan fingerprint density at radius 2 is 1.83 bits per heavy atom. The number of thiazole rings is 1. The number of nitrogens with one attached hydrogen (secondary N) is 1. The van der Waals surface area contributed by atoms with Crippen LogP contribution in [0.25, 0.3) is 5.13 Å². The van der Waals surface area contributed by atoms with Gasteiger partial charge in [-0.1, -0.05) is 11.3 Å². The summed E-state index contributed by atoms with van der Waals surface area (Å²) < 4.78 is 72.1. The number of rotatable bonds is 8. The van der Waals surface area contributed by atoms with Gasteiger partial charge in [0.15, 0.2) is 5.82 Å². The SMILES string of the molecule is C[C@H](NC(=O)c1cc(OC(F)F)cc(OC(F)(F)F)c1)c1ncnn1-c1ncc(C(=O)N(C)C)s1. The first-order chi connectivity index (χ1) is 16.3. The van der Waals surface area contributed by atoms with E-state index in [4.69, 9.17) is 0 Å². The van der Waals surface area contributed by atoms with E-state index >= 15 is 0 Å². The van der Waals surface area contributed by atoms with Gasteiger partial charge in [0.05, 0.1) is 12.2 Å². The van der Waals surface area contributed by atoms with Gasteiger partial charge in [-0.2, -0.15) is 18.6 Å². The number of amides is 2. The van der Waals surface area contributed by atoms with E-state index in [-0.39, 0.29) is 16.9 Å². The Hall–Kier alpha value is -3.82. The van der Waals surface area contributed by atoms with Crippen molar-refractivity contribution in [3.8, 4) is 16.6 Å². The average Bonchev–Trinajstić information content (AvgIpc) is 3.40. The third-order valence-electron chi connectivity index (χ3n) is 4.20. The lowest BCUT2D eigenvalue weighted by Gasteiger charge is -2.16. The fourth-order valence-corrected chi connectivity index (χ4v) is 3.69. The molecule has 2 amide bonds. The number of carbonyl (C=O) groups excluding carboxylic acids is 2. The molecule has 0 aliphatic carbocycles.